The van der Waals surface area contributed by atoms with Gasteiger partial charge in [0.1, 0.15) is 0 Å². The molecule has 0 saturated carbocycles. The molecule has 0 amide bonds. The van der Waals surface area contributed by atoms with E-state index in [1.807, 2.05) is 7.11 Å². The first-order valence-corrected chi connectivity index (χ1v) is 10.4. The smallest absolute Gasteiger partial charge is 0.147 e. The Kier molecular flexibility index (Phi) is 7.99. The average Bonchev–Trinajstić information content (AvgIpc) is 2.93. The summed E-state index contributed by atoms with van der Waals surface area (Å²) in [5.41, 5.74) is 4.28. The van der Waals surface area contributed by atoms with Crippen LogP contribution in [0, 0.1) is 0 Å². The van der Waals surface area contributed by atoms with Crippen molar-refractivity contribution in [3.05, 3.63) is 59.7 Å². The Bertz CT molecular complexity index is 803. The van der Waals surface area contributed by atoms with Crippen molar-refractivity contribution in [3.8, 4) is 0 Å². The van der Waals surface area contributed by atoms with Crippen molar-refractivity contribution in [1.29, 1.82) is 0 Å². The maximum Gasteiger partial charge on any atom is -0.147 e. The van der Waals surface area contributed by atoms with Gasteiger partial charge >= 0.3 is 146 Å². The van der Waals surface area contributed by atoms with Gasteiger partial charge in [0, 0.05) is 0 Å². The molecule has 1 aliphatic rings. The Morgan fingerprint density at radius 2 is 1.68 bits per heavy atom. The minimum Gasteiger partial charge on any atom is -0.147 e. The average molecular weight is 414 g/mol. The zero-order valence-electron chi connectivity index (χ0n) is 15.6. The van der Waals surface area contributed by atoms with Crippen molar-refractivity contribution in [3.63, 3.8) is 0 Å². The summed E-state index contributed by atoms with van der Waals surface area (Å²) in [6, 6.07) is 13.3. The summed E-state index contributed by atoms with van der Waals surface area (Å²) < 4.78 is 7.87. The second-order valence-corrected chi connectivity index (χ2v) is 12.0. The molecule has 0 aliphatic heterocycles. The van der Waals surface area contributed by atoms with Crippen molar-refractivity contribution in [2.45, 2.75) is 37.8 Å². The third-order valence-corrected chi connectivity index (χ3v) is 8.85. The third kappa shape index (κ3) is 4.41. The van der Waals surface area contributed by atoms with Crippen LogP contribution in [0.4, 0.5) is 0 Å². The molecule has 0 aromatic heterocycles. The molecule has 0 fully saturated rings. The molecule has 4 heteroatoms. The normalized spacial score (nSPS) is 13.6. The van der Waals surface area contributed by atoms with Crippen molar-refractivity contribution >= 4 is 45.0 Å². The second kappa shape index (κ2) is 8.88. The quantitative estimate of drug-likeness (QED) is 0.526. The predicted octanol–water partition coefficient (Wildman–Crippen LogP) is 6.44. The van der Waals surface area contributed by atoms with Crippen LogP contribution in [0.25, 0.3) is 16.3 Å². The molecule has 0 radical (unpaired) electrons. The molecular formula is C21H27Cl2OTi. The molecule has 0 unspecified atom stereocenters. The van der Waals surface area contributed by atoms with E-state index in [1.54, 1.807) is 0 Å². The van der Waals surface area contributed by atoms with Crippen LogP contribution in [0.3, 0.4) is 0 Å². The zero-order chi connectivity index (χ0) is 16.6. The van der Waals surface area contributed by atoms with Crippen LogP contribution in [0.15, 0.2) is 54.1 Å². The molecule has 25 heavy (non-hydrogen) atoms. The van der Waals surface area contributed by atoms with E-state index in [1.165, 1.54) is 31.4 Å². The molecule has 0 saturated heterocycles. The largest absolute Gasteiger partial charge is 0.147 e. The number of rotatable bonds is 3. The van der Waals surface area contributed by atoms with Gasteiger partial charge in [-0.15, -0.1) is 24.8 Å². The fraction of sp³-hybridized carbons (Fsp3) is 0.333. The molecule has 0 spiro atoms. The maximum absolute atomic E-state index is 6.17. The van der Waals surface area contributed by atoms with E-state index < -0.39 is 18.3 Å². The SMILES string of the molecule is C[O][Ti]([c]1c(C2=C(C)C=CC2)ccc2ccccc12)[C](C)(C)C.Cl.Cl. The zero-order valence-corrected chi connectivity index (χ0v) is 18.7. The number of fused-ring (bicyclic) bond motifs is 1. The summed E-state index contributed by atoms with van der Waals surface area (Å²) in [6.45, 7) is 9.20. The van der Waals surface area contributed by atoms with Crippen LogP contribution in [-0.4, -0.2) is 7.11 Å². The molecule has 3 rings (SSSR count). The van der Waals surface area contributed by atoms with E-state index in [0.29, 0.717) is 0 Å². The molecule has 0 heterocycles. The van der Waals surface area contributed by atoms with E-state index >= 15 is 0 Å². The summed E-state index contributed by atoms with van der Waals surface area (Å²) in [7, 11) is 1.90. The Morgan fingerprint density at radius 3 is 2.24 bits per heavy atom. The summed E-state index contributed by atoms with van der Waals surface area (Å²) in [5, 5.41) is 2.70. The third-order valence-electron chi connectivity index (χ3n) is 4.53. The predicted molar refractivity (Wildman–Crippen MR) is 111 cm³/mol. The molecule has 0 atom stereocenters. The van der Waals surface area contributed by atoms with Crippen LogP contribution >= 0.6 is 24.8 Å². The minimum absolute atomic E-state index is 0. The monoisotopic (exact) mass is 413 g/mol. The summed E-state index contributed by atoms with van der Waals surface area (Å²) in [6.07, 6.45) is 5.56. The number of hydrogen-bond acceptors (Lipinski definition) is 1. The van der Waals surface area contributed by atoms with Gasteiger partial charge in [-0.3, -0.25) is 0 Å². The Labute approximate surface area is 170 Å². The molecule has 1 nitrogen and oxygen atoms in total. The van der Waals surface area contributed by atoms with E-state index in [4.69, 9.17) is 3.32 Å². The first-order valence-electron chi connectivity index (χ1n) is 8.23. The van der Waals surface area contributed by atoms with Gasteiger partial charge < -0.3 is 0 Å². The first-order chi connectivity index (χ1) is 10.9. The van der Waals surface area contributed by atoms with Gasteiger partial charge in [0.15, 0.2) is 0 Å². The van der Waals surface area contributed by atoms with Gasteiger partial charge in [-0.05, 0) is 0 Å². The van der Waals surface area contributed by atoms with Crippen molar-refractivity contribution < 1.29 is 21.6 Å². The number of halogens is 2. The van der Waals surface area contributed by atoms with E-state index in [2.05, 4.69) is 76.2 Å². The van der Waals surface area contributed by atoms with Crippen LogP contribution < -0.4 is 3.87 Å². The molecule has 0 N–H and O–H groups in total. The van der Waals surface area contributed by atoms with Crippen molar-refractivity contribution in [1.82, 2.24) is 0 Å². The summed E-state index contributed by atoms with van der Waals surface area (Å²) in [5.74, 6) is 0. The molecular weight excluding hydrogens is 387 g/mol. The first kappa shape index (κ1) is 22.5. The standard InChI is InChI=1S/C16H13.C4H9.CH3O.2ClH.Ti/c1-12-5-4-8-16(12)15-10-9-13-6-2-3-7-14(13)11-15;1-4(2)3;1-2;;;/h2-7,9-10H,8H2,1H3;1-3H3;1H3;2*1H;/q;;-1;;;+1. The molecule has 2 aromatic rings. The van der Waals surface area contributed by atoms with Gasteiger partial charge in [0.05, 0.1) is 0 Å². The van der Waals surface area contributed by atoms with Crippen molar-refractivity contribution in [2.24, 2.45) is 0 Å². The topological polar surface area (TPSA) is 9.23 Å². The molecule has 1 aliphatic carbocycles. The number of allylic oxidation sites excluding steroid dienone is 4. The van der Waals surface area contributed by atoms with Gasteiger partial charge in [0.25, 0.3) is 0 Å². The fourth-order valence-corrected chi connectivity index (χ4v) is 7.42. The Morgan fingerprint density at radius 1 is 1.00 bits per heavy atom. The van der Waals surface area contributed by atoms with Crippen LogP contribution in [0.5, 0.6) is 0 Å². The Balaban J connectivity index is 0.00000156. The van der Waals surface area contributed by atoms with Gasteiger partial charge in [0.2, 0.25) is 0 Å². The summed E-state index contributed by atoms with van der Waals surface area (Å²) in [4.78, 5) is 0. The van der Waals surface area contributed by atoms with Crippen LogP contribution in [-0.2, 0) is 21.6 Å². The van der Waals surface area contributed by atoms with Crippen LogP contribution in [0.2, 0.25) is 3.72 Å². The van der Waals surface area contributed by atoms with Crippen LogP contribution in [0.1, 0.15) is 39.7 Å². The molecule has 135 valence electrons. The maximum atomic E-state index is 6.17. The molecule has 0 bridgehead atoms. The van der Waals surface area contributed by atoms with Gasteiger partial charge in [-0.2, -0.15) is 0 Å². The summed E-state index contributed by atoms with van der Waals surface area (Å²) >= 11 is -1.93. The van der Waals surface area contributed by atoms with Crippen molar-refractivity contribution in [2.75, 3.05) is 7.11 Å². The minimum atomic E-state index is -1.93. The number of benzene rings is 2. The fourth-order valence-electron chi connectivity index (χ4n) is 3.49. The van der Waals surface area contributed by atoms with E-state index in [-0.39, 0.29) is 28.5 Å². The number of hydrogen-bond donors (Lipinski definition) is 0. The molecule has 2 aromatic carbocycles. The van der Waals surface area contributed by atoms with E-state index in [0.717, 1.165) is 6.42 Å². The Hall–Kier alpha value is -0.566. The van der Waals surface area contributed by atoms with Gasteiger partial charge in [-0.25, -0.2) is 0 Å². The van der Waals surface area contributed by atoms with E-state index in [9.17, 15) is 0 Å². The second-order valence-electron chi connectivity index (χ2n) is 7.26. The van der Waals surface area contributed by atoms with Gasteiger partial charge in [-0.1, -0.05) is 0 Å².